The Morgan fingerprint density at radius 3 is 2.88 bits per heavy atom. The van der Waals surface area contributed by atoms with Gasteiger partial charge < -0.3 is 10.6 Å². The number of aromatic nitrogens is 2. The summed E-state index contributed by atoms with van der Waals surface area (Å²) in [6, 6.07) is 1.88. The molecule has 0 bridgehead atoms. The molecule has 5 heteroatoms. The zero-order valence-electron chi connectivity index (χ0n) is 10.4. The van der Waals surface area contributed by atoms with Crippen LogP contribution in [0.4, 0.5) is 11.8 Å². The molecular weight excluding hydrogens is 214 g/mol. The first-order valence-corrected chi connectivity index (χ1v) is 5.57. The van der Waals surface area contributed by atoms with Gasteiger partial charge in [-0.2, -0.15) is 4.98 Å². The molecule has 0 fully saturated rings. The fraction of sp³-hybridized carbons (Fsp3) is 0.417. The minimum Gasteiger partial charge on any atom is -0.368 e. The second kappa shape index (κ2) is 4.53. The van der Waals surface area contributed by atoms with Gasteiger partial charge in [0, 0.05) is 32.0 Å². The summed E-state index contributed by atoms with van der Waals surface area (Å²) in [7, 11) is 1.82. The highest BCUT2D eigenvalue weighted by Gasteiger charge is 2.21. The van der Waals surface area contributed by atoms with E-state index >= 15 is 0 Å². The standard InChI is InChI=1S/C12H17N5/c1-8-6-17(7-10(8)9(2)14-3)11-4-5-15-12(13)16-11/h4-5H,6-7H2,1-3H3,(H2,13,15,16). The van der Waals surface area contributed by atoms with Crippen LogP contribution in [-0.4, -0.2) is 35.8 Å². The maximum atomic E-state index is 5.60. The van der Waals surface area contributed by atoms with Crippen molar-refractivity contribution in [2.75, 3.05) is 30.8 Å². The van der Waals surface area contributed by atoms with Crippen LogP contribution in [0.2, 0.25) is 0 Å². The highest BCUT2D eigenvalue weighted by Crippen LogP contribution is 2.23. The summed E-state index contributed by atoms with van der Waals surface area (Å²) < 4.78 is 0. The Morgan fingerprint density at radius 2 is 2.24 bits per heavy atom. The van der Waals surface area contributed by atoms with Crippen LogP contribution in [0, 0.1) is 0 Å². The van der Waals surface area contributed by atoms with E-state index in [9.17, 15) is 0 Å². The van der Waals surface area contributed by atoms with E-state index in [0.29, 0.717) is 5.95 Å². The number of nitrogens with zero attached hydrogens (tertiary/aromatic N) is 4. The van der Waals surface area contributed by atoms with Crippen molar-refractivity contribution < 1.29 is 0 Å². The third-order valence-electron chi connectivity index (χ3n) is 3.05. The van der Waals surface area contributed by atoms with Gasteiger partial charge in [0.1, 0.15) is 5.82 Å². The van der Waals surface area contributed by atoms with E-state index in [0.717, 1.165) is 24.6 Å². The van der Waals surface area contributed by atoms with Gasteiger partial charge in [0.2, 0.25) is 5.95 Å². The van der Waals surface area contributed by atoms with E-state index in [1.54, 1.807) is 6.20 Å². The quantitative estimate of drug-likeness (QED) is 0.779. The monoisotopic (exact) mass is 231 g/mol. The lowest BCUT2D eigenvalue weighted by molar-refractivity contribution is 0.941. The first-order valence-electron chi connectivity index (χ1n) is 5.57. The summed E-state index contributed by atoms with van der Waals surface area (Å²) in [6.07, 6.45) is 1.69. The lowest BCUT2D eigenvalue weighted by Crippen LogP contribution is -2.22. The molecule has 90 valence electrons. The van der Waals surface area contributed by atoms with Gasteiger partial charge in [0.05, 0.1) is 0 Å². The predicted molar refractivity (Wildman–Crippen MR) is 70.4 cm³/mol. The van der Waals surface area contributed by atoms with Crippen molar-refractivity contribution in [3.63, 3.8) is 0 Å². The molecular formula is C12H17N5. The zero-order valence-corrected chi connectivity index (χ0v) is 10.4. The number of aliphatic imine (C=N–C) groups is 1. The molecule has 0 atom stereocenters. The largest absolute Gasteiger partial charge is 0.368 e. The summed E-state index contributed by atoms with van der Waals surface area (Å²) in [5.74, 6) is 1.19. The molecule has 2 N–H and O–H groups in total. The van der Waals surface area contributed by atoms with Crippen LogP contribution in [-0.2, 0) is 0 Å². The molecule has 1 aliphatic rings. The molecule has 1 aromatic rings. The van der Waals surface area contributed by atoms with Crippen LogP contribution in [0.1, 0.15) is 13.8 Å². The highest BCUT2D eigenvalue weighted by atomic mass is 15.2. The second-order valence-electron chi connectivity index (χ2n) is 4.20. The van der Waals surface area contributed by atoms with Crippen molar-refractivity contribution in [1.82, 2.24) is 9.97 Å². The number of nitrogens with two attached hydrogens (primary N) is 1. The average molecular weight is 231 g/mol. The van der Waals surface area contributed by atoms with Gasteiger partial charge in [-0.3, -0.25) is 4.99 Å². The summed E-state index contributed by atoms with van der Waals surface area (Å²) >= 11 is 0. The van der Waals surface area contributed by atoms with Crippen LogP contribution in [0.5, 0.6) is 0 Å². The molecule has 0 radical (unpaired) electrons. The number of hydrogen-bond acceptors (Lipinski definition) is 5. The number of rotatable bonds is 2. The Kier molecular flexibility index (Phi) is 3.08. The van der Waals surface area contributed by atoms with Gasteiger partial charge in [0.25, 0.3) is 0 Å². The Morgan fingerprint density at radius 1 is 1.47 bits per heavy atom. The molecule has 2 rings (SSSR count). The topological polar surface area (TPSA) is 67.4 Å². The SMILES string of the molecule is CN=C(C)C1=C(C)CN(c2ccnc(N)n2)C1. The first kappa shape index (κ1) is 11.6. The number of anilines is 2. The third kappa shape index (κ3) is 2.27. The minimum atomic E-state index is 0.314. The van der Waals surface area contributed by atoms with E-state index in [4.69, 9.17) is 5.73 Å². The molecule has 0 unspecified atom stereocenters. The lowest BCUT2D eigenvalue weighted by Gasteiger charge is -2.17. The molecule has 1 aromatic heterocycles. The molecule has 17 heavy (non-hydrogen) atoms. The van der Waals surface area contributed by atoms with Gasteiger partial charge >= 0.3 is 0 Å². The van der Waals surface area contributed by atoms with E-state index in [1.165, 1.54) is 11.1 Å². The summed E-state index contributed by atoms with van der Waals surface area (Å²) in [4.78, 5) is 14.6. The molecule has 5 nitrogen and oxygen atoms in total. The molecule has 0 saturated carbocycles. The Bertz CT molecular complexity index is 489. The smallest absolute Gasteiger partial charge is 0.221 e. The van der Waals surface area contributed by atoms with Crippen molar-refractivity contribution in [2.24, 2.45) is 4.99 Å². The Balaban J connectivity index is 2.21. The predicted octanol–water partition coefficient (Wildman–Crippen LogP) is 1.29. The minimum absolute atomic E-state index is 0.314. The Hall–Kier alpha value is -1.91. The lowest BCUT2D eigenvalue weighted by atomic mass is 10.1. The average Bonchev–Trinajstić information content (AvgIpc) is 2.70. The van der Waals surface area contributed by atoms with Crippen LogP contribution in [0.15, 0.2) is 28.4 Å². The maximum Gasteiger partial charge on any atom is 0.221 e. The molecule has 0 aliphatic carbocycles. The Labute approximate surface area is 101 Å². The van der Waals surface area contributed by atoms with Crippen LogP contribution in [0.3, 0.4) is 0 Å². The second-order valence-corrected chi connectivity index (χ2v) is 4.20. The van der Waals surface area contributed by atoms with E-state index in [-0.39, 0.29) is 0 Å². The number of hydrogen-bond donors (Lipinski definition) is 1. The third-order valence-corrected chi connectivity index (χ3v) is 3.05. The van der Waals surface area contributed by atoms with Crippen LogP contribution in [0.25, 0.3) is 0 Å². The highest BCUT2D eigenvalue weighted by molar-refractivity contribution is 6.00. The maximum absolute atomic E-state index is 5.60. The van der Waals surface area contributed by atoms with Gasteiger partial charge in [-0.15, -0.1) is 0 Å². The summed E-state index contributed by atoms with van der Waals surface area (Å²) in [6.45, 7) is 5.88. The normalized spacial score (nSPS) is 16.9. The molecule has 0 aromatic carbocycles. The fourth-order valence-electron chi connectivity index (χ4n) is 2.02. The number of nitrogen functional groups attached to an aromatic ring is 1. The summed E-state index contributed by atoms with van der Waals surface area (Å²) in [5.41, 5.74) is 9.32. The van der Waals surface area contributed by atoms with Gasteiger partial charge in [-0.25, -0.2) is 4.98 Å². The molecule has 2 heterocycles. The van der Waals surface area contributed by atoms with Gasteiger partial charge in [-0.05, 0) is 31.1 Å². The summed E-state index contributed by atoms with van der Waals surface area (Å²) in [5, 5.41) is 0. The van der Waals surface area contributed by atoms with Crippen molar-refractivity contribution in [1.29, 1.82) is 0 Å². The van der Waals surface area contributed by atoms with Crippen molar-refractivity contribution >= 4 is 17.5 Å². The van der Waals surface area contributed by atoms with E-state index in [2.05, 4.69) is 26.8 Å². The van der Waals surface area contributed by atoms with Crippen molar-refractivity contribution in [3.05, 3.63) is 23.4 Å². The zero-order chi connectivity index (χ0) is 12.4. The van der Waals surface area contributed by atoms with E-state index in [1.807, 2.05) is 20.0 Å². The van der Waals surface area contributed by atoms with E-state index < -0.39 is 0 Å². The first-order chi connectivity index (χ1) is 8.11. The molecule has 0 amide bonds. The van der Waals surface area contributed by atoms with Gasteiger partial charge in [-0.1, -0.05) is 0 Å². The molecule has 0 saturated heterocycles. The fourth-order valence-corrected chi connectivity index (χ4v) is 2.02. The van der Waals surface area contributed by atoms with Crippen LogP contribution >= 0.6 is 0 Å². The van der Waals surface area contributed by atoms with Crippen molar-refractivity contribution in [3.8, 4) is 0 Å². The molecule has 1 aliphatic heterocycles. The van der Waals surface area contributed by atoms with Crippen molar-refractivity contribution in [2.45, 2.75) is 13.8 Å². The van der Waals surface area contributed by atoms with Crippen LogP contribution < -0.4 is 10.6 Å². The molecule has 0 spiro atoms. The van der Waals surface area contributed by atoms with Gasteiger partial charge in [0.15, 0.2) is 0 Å².